The Morgan fingerprint density at radius 1 is 1.24 bits per heavy atom. The van der Waals surface area contributed by atoms with Gasteiger partial charge in [0, 0.05) is 34.9 Å². The fraction of sp³-hybridized carbons (Fsp3) is 0.353. The third kappa shape index (κ3) is 2.61. The second kappa shape index (κ2) is 5.62. The van der Waals surface area contributed by atoms with E-state index in [4.69, 9.17) is 0 Å². The van der Waals surface area contributed by atoms with Crippen LogP contribution in [0.15, 0.2) is 41.4 Å². The zero-order chi connectivity index (χ0) is 14.1. The van der Waals surface area contributed by atoms with Gasteiger partial charge in [-0.3, -0.25) is 4.90 Å². The van der Waals surface area contributed by atoms with E-state index in [-0.39, 0.29) is 0 Å². The summed E-state index contributed by atoms with van der Waals surface area (Å²) >= 11 is 1.71. The van der Waals surface area contributed by atoms with E-state index in [9.17, 15) is 0 Å². The van der Waals surface area contributed by atoms with Crippen molar-refractivity contribution in [3.63, 3.8) is 0 Å². The fourth-order valence-electron chi connectivity index (χ4n) is 3.31. The molecule has 21 heavy (non-hydrogen) atoms. The van der Waals surface area contributed by atoms with Crippen LogP contribution in [0.3, 0.4) is 0 Å². The average Bonchev–Trinajstić information content (AvgIpc) is 3.19. The maximum Gasteiger partial charge on any atom is 0.0794 e. The van der Waals surface area contributed by atoms with E-state index in [2.05, 4.69) is 50.7 Å². The van der Waals surface area contributed by atoms with Crippen LogP contribution in [0, 0.1) is 0 Å². The molecule has 2 aromatic heterocycles. The quantitative estimate of drug-likeness (QED) is 0.792. The van der Waals surface area contributed by atoms with Gasteiger partial charge >= 0.3 is 0 Å². The van der Waals surface area contributed by atoms with Crippen LogP contribution in [-0.4, -0.2) is 28.0 Å². The lowest BCUT2D eigenvalue weighted by Crippen LogP contribution is -2.32. The van der Waals surface area contributed by atoms with Crippen molar-refractivity contribution in [2.24, 2.45) is 0 Å². The number of piperidine rings is 1. The topological polar surface area (TPSA) is 31.9 Å². The molecule has 1 fully saturated rings. The van der Waals surface area contributed by atoms with Gasteiger partial charge in [-0.2, -0.15) is 0 Å². The Kier molecular flexibility index (Phi) is 3.49. The maximum atomic E-state index is 4.48. The highest BCUT2D eigenvalue weighted by Gasteiger charge is 2.22. The molecule has 0 bridgehead atoms. The predicted molar refractivity (Wildman–Crippen MR) is 87.7 cm³/mol. The number of aromatic nitrogens is 2. The minimum Gasteiger partial charge on any atom is -0.361 e. The van der Waals surface area contributed by atoms with Gasteiger partial charge in [-0.05, 0) is 37.6 Å². The van der Waals surface area contributed by atoms with Gasteiger partial charge < -0.3 is 4.98 Å². The van der Waals surface area contributed by atoms with Crippen molar-refractivity contribution in [2.45, 2.75) is 25.3 Å². The van der Waals surface area contributed by atoms with Crippen LogP contribution in [0.2, 0.25) is 0 Å². The van der Waals surface area contributed by atoms with Crippen LogP contribution >= 0.6 is 11.3 Å². The highest BCUT2D eigenvalue weighted by atomic mass is 32.1. The highest BCUT2D eigenvalue weighted by Crippen LogP contribution is 2.29. The van der Waals surface area contributed by atoms with Crippen LogP contribution in [-0.2, 0) is 6.54 Å². The lowest BCUT2D eigenvalue weighted by Gasteiger charge is -2.31. The van der Waals surface area contributed by atoms with E-state index in [1.54, 1.807) is 11.3 Å². The number of fused-ring (bicyclic) bond motifs is 1. The monoisotopic (exact) mass is 297 g/mol. The van der Waals surface area contributed by atoms with Crippen LogP contribution in [0.4, 0.5) is 0 Å². The van der Waals surface area contributed by atoms with Crippen molar-refractivity contribution in [3.8, 4) is 0 Å². The first-order chi connectivity index (χ1) is 10.4. The molecule has 0 aliphatic carbocycles. The molecule has 1 N–H and O–H groups in total. The summed E-state index contributed by atoms with van der Waals surface area (Å²) in [6.07, 6.45) is 4.62. The second-order valence-corrected chi connectivity index (χ2v) is 6.54. The van der Waals surface area contributed by atoms with Crippen molar-refractivity contribution >= 4 is 22.2 Å². The molecule has 3 heterocycles. The van der Waals surface area contributed by atoms with Gasteiger partial charge in [0.25, 0.3) is 0 Å². The molecule has 1 saturated heterocycles. The SMILES string of the molecule is c1ccc2c(CN3CCC(c4cscn4)CC3)c[nH]c2c1. The number of nitrogens with one attached hydrogen (secondary N) is 1. The first-order valence-electron chi connectivity index (χ1n) is 7.55. The number of likely N-dealkylation sites (tertiary alicyclic amines) is 1. The van der Waals surface area contributed by atoms with Crippen molar-refractivity contribution in [3.05, 3.63) is 52.6 Å². The third-order valence-electron chi connectivity index (χ3n) is 4.53. The molecule has 108 valence electrons. The Balaban J connectivity index is 1.43. The molecule has 3 aromatic rings. The van der Waals surface area contributed by atoms with E-state index < -0.39 is 0 Å². The van der Waals surface area contributed by atoms with Gasteiger partial charge in [-0.15, -0.1) is 11.3 Å². The zero-order valence-electron chi connectivity index (χ0n) is 12.0. The van der Waals surface area contributed by atoms with Crippen LogP contribution < -0.4 is 0 Å². The molecule has 0 saturated carbocycles. The minimum atomic E-state index is 0.662. The van der Waals surface area contributed by atoms with Gasteiger partial charge in [0.1, 0.15) is 0 Å². The Morgan fingerprint density at radius 3 is 2.90 bits per heavy atom. The first-order valence-corrected chi connectivity index (χ1v) is 8.50. The molecule has 4 rings (SSSR count). The predicted octanol–water partition coefficient (Wildman–Crippen LogP) is 4.00. The van der Waals surface area contributed by atoms with Gasteiger partial charge in [-0.25, -0.2) is 4.98 Å². The van der Waals surface area contributed by atoms with Crippen molar-refractivity contribution in [1.29, 1.82) is 0 Å². The third-order valence-corrected chi connectivity index (χ3v) is 5.13. The zero-order valence-corrected chi connectivity index (χ0v) is 12.8. The summed E-state index contributed by atoms with van der Waals surface area (Å²) in [5.41, 5.74) is 5.91. The molecule has 0 unspecified atom stereocenters. The van der Waals surface area contributed by atoms with E-state index >= 15 is 0 Å². The lowest BCUT2D eigenvalue weighted by atomic mass is 9.94. The highest BCUT2D eigenvalue weighted by molar-refractivity contribution is 7.07. The van der Waals surface area contributed by atoms with Gasteiger partial charge in [-0.1, -0.05) is 18.2 Å². The molecule has 0 atom stereocenters. The molecule has 3 nitrogen and oxygen atoms in total. The molecule has 0 spiro atoms. The molecule has 1 aliphatic rings. The van der Waals surface area contributed by atoms with E-state index in [0.29, 0.717) is 5.92 Å². The number of rotatable bonds is 3. The van der Waals surface area contributed by atoms with Crippen LogP contribution in [0.5, 0.6) is 0 Å². The second-order valence-electron chi connectivity index (χ2n) is 5.82. The van der Waals surface area contributed by atoms with Gasteiger partial charge in [0.2, 0.25) is 0 Å². The summed E-state index contributed by atoms with van der Waals surface area (Å²) in [5, 5.41) is 3.57. The lowest BCUT2D eigenvalue weighted by molar-refractivity contribution is 0.204. The van der Waals surface area contributed by atoms with Gasteiger partial charge in [0.15, 0.2) is 0 Å². The number of hydrogen-bond acceptors (Lipinski definition) is 3. The first kappa shape index (κ1) is 13.0. The number of H-pyrrole nitrogens is 1. The number of nitrogens with zero attached hydrogens (tertiary/aromatic N) is 2. The number of aromatic amines is 1. The van der Waals surface area contributed by atoms with Crippen LogP contribution in [0.1, 0.15) is 30.0 Å². The Morgan fingerprint density at radius 2 is 2.10 bits per heavy atom. The average molecular weight is 297 g/mol. The maximum absolute atomic E-state index is 4.48. The molecule has 1 aromatic carbocycles. The summed E-state index contributed by atoms with van der Waals surface area (Å²) in [6.45, 7) is 3.39. The summed E-state index contributed by atoms with van der Waals surface area (Å²) in [6, 6.07) is 8.56. The number of benzene rings is 1. The van der Waals surface area contributed by atoms with Crippen molar-refractivity contribution < 1.29 is 0 Å². The number of para-hydroxylation sites is 1. The smallest absolute Gasteiger partial charge is 0.0794 e. The van der Waals surface area contributed by atoms with E-state index in [1.165, 1.54) is 48.1 Å². The Hall–Kier alpha value is -1.65. The molecule has 0 radical (unpaired) electrons. The summed E-state index contributed by atoms with van der Waals surface area (Å²) in [4.78, 5) is 10.4. The molecular formula is C17H19N3S. The van der Waals surface area contributed by atoms with Crippen LogP contribution in [0.25, 0.3) is 10.9 Å². The molecule has 1 aliphatic heterocycles. The minimum absolute atomic E-state index is 0.662. The molecule has 0 amide bonds. The fourth-order valence-corrected chi connectivity index (χ4v) is 3.95. The summed E-state index contributed by atoms with van der Waals surface area (Å²) in [7, 11) is 0. The standard InChI is InChI=1S/C17H19N3S/c1-2-4-16-15(3-1)14(9-18-16)10-20-7-5-13(6-8-20)17-11-21-12-19-17/h1-4,9,11-13,18H,5-8,10H2. The van der Waals surface area contributed by atoms with Crippen molar-refractivity contribution in [2.75, 3.05) is 13.1 Å². The van der Waals surface area contributed by atoms with Crippen molar-refractivity contribution in [1.82, 2.24) is 14.9 Å². The number of thiazole rings is 1. The Labute approximate surface area is 128 Å². The largest absolute Gasteiger partial charge is 0.361 e. The number of hydrogen-bond donors (Lipinski definition) is 1. The molecular weight excluding hydrogens is 278 g/mol. The summed E-state index contributed by atoms with van der Waals surface area (Å²) in [5.74, 6) is 0.662. The van der Waals surface area contributed by atoms with E-state index in [1.807, 2.05) is 5.51 Å². The van der Waals surface area contributed by atoms with Gasteiger partial charge in [0.05, 0.1) is 11.2 Å². The normalized spacial score (nSPS) is 17.5. The van der Waals surface area contributed by atoms with E-state index in [0.717, 1.165) is 6.54 Å². The molecule has 4 heteroatoms. The summed E-state index contributed by atoms with van der Waals surface area (Å²) < 4.78 is 0. The Bertz CT molecular complexity index is 709.